The lowest BCUT2D eigenvalue weighted by molar-refractivity contribution is -0.137. The Kier molecular flexibility index (Phi) is 5.35. The molecule has 2 aromatic carbocycles. The molecule has 0 atom stereocenters. The zero-order valence-electron chi connectivity index (χ0n) is 14.3. The van der Waals surface area contributed by atoms with Gasteiger partial charge in [-0.1, -0.05) is 46.3 Å². The largest absolute Gasteiger partial charge is 0.462 e. The summed E-state index contributed by atoms with van der Waals surface area (Å²) in [6.45, 7) is 1.68. The maximum absolute atomic E-state index is 13.1. The molecule has 1 heterocycles. The number of carbonyl (C=O) groups excluding carboxylic acids is 1. The minimum Gasteiger partial charge on any atom is -0.462 e. The maximum Gasteiger partial charge on any atom is 0.351 e. The van der Waals surface area contributed by atoms with E-state index in [1.165, 1.54) is 6.07 Å². The quantitative estimate of drug-likeness (QED) is 0.407. The number of hydrogen-bond acceptors (Lipinski definition) is 5. The lowest BCUT2D eigenvalue weighted by atomic mass is 10.1. The van der Waals surface area contributed by atoms with Crippen molar-refractivity contribution < 1.29 is 17.9 Å². The molecule has 0 spiro atoms. The van der Waals surface area contributed by atoms with Gasteiger partial charge in [-0.25, -0.2) is 13.2 Å². The van der Waals surface area contributed by atoms with Crippen LogP contribution in [0.25, 0.3) is 5.70 Å². The molecule has 27 heavy (non-hydrogen) atoms. The number of halogens is 1. The van der Waals surface area contributed by atoms with Gasteiger partial charge in [0.15, 0.2) is 5.57 Å². The zero-order chi connectivity index (χ0) is 19.6. The molecule has 0 fully saturated rings. The second kappa shape index (κ2) is 7.55. The minimum absolute atomic E-state index is 0.0175. The number of nitriles is 1. The van der Waals surface area contributed by atoms with Crippen LogP contribution in [0.15, 0.2) is 63.5 Å². The Morgan fingerprint density at radius 2 is 1.96 bits per heavy atom. The van der Waals surface area contributed by atoms with E-state index >= 15 is 0 Å². The summed E-state index contributed by atoms with van der Waals surface area (Å²) in [6.07, 6.45) is 0. The van der Waals surface area contributed by atoms with Gasteiger partial charge in [0.05, 0.1) is 23.7 Å². The number of sulfonamides is 1. The molecular weight excluding hydrogens is 432 g/mol. The molecule has 0 saturated heterocycles. The normalized spacial score (nSPS) is 16.4. The number of esters is 1. The molecule has 0 unspecified atom stereocenters. The van der Waals surface area contributed by atoms with Crippen molar-refractivity contribution in [2.75, 3.05) is 6.61 Å². The van der Waals surface area contributed by atoms with Crippen molar-refractivity contribution in [1.82, 2.24) is 4.31 Å². The molecule has 0 saturated carbocycles. The molecule has 0 bridgehead atoms. The minimum atomic E-state index is -3.91. The topological polar surface area (TPSA) is 87.5 Å². The average Bonchev–Trinajstić information content (AvgIpc) is 2.85. The SMILES string of the molecule is CCOC(=O)/C(C#N)=C1/c2ccccc2S(=O)(=O)N1Cc1cccc(Br)c1. The second-order valence-electron chi connectivity index (χ2n) is 5.69. The van der Waals surface area contributed by atoms with E-state index in [0.717, 1.165) is 8.78 Å². The van der Waals surface area contributed by atoms with E-state index < -0.39 is 16.0 Å². The van der Waals surface area contributed by atoms with Crippen LogP contribution in [0, 0.1) is 11.3 Å². The van der Waals surface area contributed by atoms with Crippen LogP contribution in [-0.2, 0) is 26.1 Å². The van der Waals surface area contributed by atoms with Gasteiger partial charge in [-0.2, -0.15) is 5.26 Å². The van der Waals surface area contributed by atoms with Crippen molar-refractivity contribution in [3.63, 3.8) is 0 Å². The van der Waals surface area contributed by atoms with Crippen LogP contribution in [0.3, 0.4) is 0 Å². The van der Waals surface area contributed by atoms with Gasteiger partial charge in [-0.3, -0.25) is 4.31 Å². The first-order chi connectivity index (χ1) is 12.9. The molecule has 0 aliphatic carbocycles. The summed E-state index contributed by atoms with van der Waals surface area (Å²) in [6, 6.07) is 15.3. The third kappa shape index (κ3) is 3.48. The number of rotatable bonds is 4. The Labute approximate surface area is 165 Å². The van der Waals surface area contributed by atoms with Gasteiger partial charge in [0.1, 0.15) is 6.07 Å². The predicted octanol–water partition coefficient (Wildman–Crippen LogP) is 3.45. The van der Waals surface area contributed by atoms with Crippen LogP contribution in [0.1, 0.15) is 18.1 Å². The Bertz CT molecular complexity index is 1090. The van der Waals surface area contributed by atoms with Crippen molar-refractivity contribution in [3.05, 3.63) is 69.7 Å². The van der Waals surface area contributed by atoms with Gasteiger partial charge < -0.3 is 4.74 Å². The van der Waals surface area contributed by atoms with Gasteiger partial charge in [0, 0.05) is 10.0 Å². The Morgan fingerprint density at radius 1 is 1.22 bits per heavy atom. The zero-order valence-corrected chi connectivity index (χ0v) is 16.7. The second-order valence-corrected chi connectivity index (χ2v) is 8.44. The molecule has 8 heteroatoms. The smallest absolute Gasteiger partial charge is 0.351 e. The Balaban J connectivity index is 2.23. The fourth-order valence-electron chi connectivity index (χ4n) is 2.88. The Morgan fingerprint density at radius 3 is 2.63 bits per heavy atom. The molecule has 0 amide bonds. The van der Waals surface area contributed by atoms with E-state index in [9.17, 15) is 18.5 Å². The fourth-order valence-corrected chi connectivity index (χ4v) is 5.01. The van der Waals surface area contributed by atoms with Crippen LogP contribution >= 0.6 is 15.9 Å². The van der Waals surface area contributed by atoms with Crippen molar-refractivity contribution >= 4 is 37.6 Å². The molecule has 6 nitrogen and oxygen atoms in total. The summed E-state index contributed by atoms with van der Waals surface area (Å²) in [4.78, 5) is 12.4. The molecule has 1 aliphatic heterocycles. The van der Waals surface area contributed by atoms with Gasteiger partial charge in [0.25, 0.3) is 10.0 Å². The van der Waals surface area contributed by atoms with Gasteiger partial charge in [0.2, 0.25) is 0 Å². The standard InChI is InChI=1S/C19H15BrN2O4S/c1-2-26-19(23)16(11-21)18-15-8-3-4-9-17(15)27(24,25)22(18)12-13-6-5-7-14(20)10-13/h3-10H,2,12H2,1H3/b18-16-. The number of carbonyl (C=O) groups is 1. The molecule has 0 N–H and O–H groups in total. The highest BCUT2D eigenvalue weighted by Gasteiger charge is 2.41. The summed E-state index contributed by atoms with van der Waals surface area (Å²) in [5.74, 6) is -0.846. The van der Waals surface area contributed by atoms with Crippen LogP contribution in [0.2, 0.25) is 0 Å². The van der Waals surface area contributed by atoms with Crippen LogP contribution in [-0.4, -0.2) is 25.3 Å². The highest BCUT2D eigenvalue weighted by Crippen LogP contribution is 2.41. The molecule has 2 aromatic rings. The molecule has 138 valence electrons. The molecule has 0 radical (unpaired) electrons. The molecule has 1 aliphatic rings. The maximum atomic E-state index is 13.1. The predicted molar refractivity (Wildman–Crippen MR) is 102 cm³/mol. The molecule has 0 aromatic heterocycles. The first kappa shape index (κ1) is 19.1. The summed E-state index contributed by atoms with van der Waals surface area (Å²) in [5, 5.41) is 9.57. The van der Waals surface area contributed by atoms with Crippen LogP contribution in [0.4, 0.5) is 0 Å². The number of fused-ring (bicyclic) bond motifs is 1. The van der Waals surface area contributed by atoms with E-state index in [0.29, 0.717) is 11.1 Å². The highest BCUT2D eigenvalue weighted by atomic mass is 79.9. The lowest BCUT2D eigenvalue weighted by Crippen LogP contribution is -2.25. The van der Waals surface area contributed by atoms with E-state index in [-0.39, 0.29) is 29.3 Å². The molecular formula is C19H15BrN2O4S. The van der Waals surface area contributed by atoms with E-state index in [4.69, 9.17) is 4.74 Å². The summed E-state index contributed by atoms with van der Waals surface area (Å²) >= 11 is 3.36. The van der Waals surface area contributed by atoms with Crippen molar-refractivity contribution in [2.24, 2.45) is 0 Å². The summed E-state index contributed by atoms with van der Waals surface area (Å²) in [5.41, 5.74) is 0.739. The molecule has 3 rings (SSSR count). The van der Waals surface area contributed by atoms with Crippen molar-refractivity contribution in [2.45, 2.75) is 18.4 Å². The Hall–Kier alpha value is -2.63. The monoisotopic (exact) mass is 446 g/mol. The van der Waals surface area contributed by atoms with E-state index in [1.807, 2.05) is 12.1 Å². The summed E-state index contributed by atoms with van der Waals surface area (Å²) < 4.78 is 33.1. The van der Waals surface area contributed by atoms with E-state index in [2.05, 4.69) is 15.9 Å². The highest BCUT2D eigenvalue weighted by molar-refractivity contribution is 9.10. The number of hydrogen-bond donors (Lipinski definition) is 0. The van der Waals surface area contributed by atoms with Crippen LogP contribution < -0.4 is 0 Å². The van der Waals surface area contributed by atoms with Crippen LogP contribution in [0.5, 0.6) is 0 Å². The lowest BCUT2D eigenvalue weighted by Gasteiger charge is -2.20. The number of nitrogens with zero attached hydrogens (tertiary/aromatic N) is 2. The first-order valence-electron chi connectivity index (χ1n) is 8.08. The van der Waals surface area contributed by atoms with Gasteiger partial charge >= 0.3 is 5.97 Å². The number of benzene rings is 2. The van der Waals surface area contributed by atoms with Crippen molar-refractivity contribution in [1.29, 1.82) is 5.26 Å². The third-order valence-electron chi connectivity index (χ3n) is 4.00. The van der Waals surface area contributed by atoms with Gasteiger partial charge in [-0.05, 0) is 30.7 Å². The fraction of sp³-hybridized carbons (Fsp3) is 0.158. The van der Waals surface area contributed by atoms with Crippen molar-refractivity contribution in [3.8, 4) is 6.07 Å². The summed E-state index contributed by atoms with van der Waals surface area (Å²) in [7, 11) is -3.91. The average molecular weight is 447 g/mol. The van der Waals surface area contributed by atoms with Gasteiger partial charge in [-0.15, -0.1) is 0 Å². The number of ether oxygens (including phenoxy) is 1. The first-order valence-corrected chi connectivity index (χ1v) is 10.3. The van der Waals surface area contributed by atoms with E-state index in [1.54, 1.807) is 43.3 Å². The third-order valence-corrected chi connectivity index (χ3v) is 6.30.